The number of likely N-dealkylation sites (tertiary alicyclic amines) is 4. The van der Waals surface area contributed by atoms with Crippen LogP contribution >= 0.6 is 0 Å². The molecule has 23 heteroatoms. The lowest BCUT2D eigenvalue weighted by Gasteiger charge is -2.30. The number of amides is 1. The van der Waals surface area contributed by atoms with Crippen LogP contribution in [0, 0.1) is 23.7 Å². The molecule has 6 heterocycles. The Morgan fingerprint density at radius 2 is 0.938 bits per heavy atom. The van der Waals surface area contributed by atoms with Gasteiger partial charge in [-0.1, -0.05) is 61.9 Å². The fourth-order valence-corrected chi connectivity index (χ4v) is 14.5. The topological polar surface area (TPSA) is 277 Å². The third-order valence-corrected chi connectivity index (χ3v) is 20.3. The number of methoxy groups -OCH3 is 4. The van der Waals surface area contributed by atoms with Crippen LogP contribution in [-0.4, -0.2) is 220 Å². The highest BCUT2D eigenvalue weighted by molar-refractivity contribution is 5.79. The van der Waals surface area contributed by atoms with Crippen LogP contribution in [0.5, 0.6) is 46.0 Å². The minimum Gasteiger partial charge on any atom is -0.497 e. The van der Waals surface area contributed by atoms with Gasteiger partial charge in [-0.2, -0.15) is 0 Å². The van der Waals surface area contributed by atoms with Gasteiger partial charge in [0.2, 0.25) is 25.2 Å². The molecule has 96 heavy (non-hydrogen) atoms. The number of para-hydroxylation sites is 1. The number of carbonyl (C=O) groups is 5. The van der Waals surface area contributed by atoms with E-state index < -0.39 is 41.8 Å². The van der Waals surface area contributed by atoms with Gasteiger partial charge in [0, 0.05) is 93.7 Å². The molecule has 0 unspecified atom stereocenters. The monoisotopic (exact) mass is 1330 g/mol. The number of unbranched alkanes of at least 4 members (excludes halogenated alkanes) is 1. The van der Waals surface area contributed by atoms with E-state index in [1.165, 1.54) is 0 Å². The van der Waals surface area contributed by atoms with Crippen molar-refractivity contribution in [1.29, 1.82) is 0 Å². The maximum atomic E-state index is 13.6. The van der Waals surface area contributed by atoms with E-state index in [-0.39, 0.29) is 86.3 Å². The van der Waals surface area contributed by atoms with Crippen molar-refractivity contribution in [3.63, 3.8) is 0 Å². The number of likely N-dealkylation sites (N-methyl/N-ethyl adjacent to an activating group) is 3. The van der Waals surface area contributed by atoms with Crippen molar-refractivity contribution < 1.29 is 87.4 Å². The van der Waals surface area contributed by atoms with E-state index in [0.29, 0.717) is 67.6 Å². The molecule has 4 saturated heterocycles. The van der Waals surface area contributed by atoms with Gasteiger partial charge in [-0.05, 0) is 150 Å². The van der Waals surface area contributed by atoms with E-state index >= 15 is 0 Å². The van der Waals surface area contributed by atoms with Gasteiger partial charge in [-0.25, -0.2) is 0 Å². The maximum Gasteiger partial charge on any atom is 0.308 e. The molecule has 6 aliphatic rings. The van der Waals surface area contributed by atoms with Gasteiger partial charge in [-0.15, -0.1) is 0 Å². The summed E-state index contributed by atoms with van der Waals surface area (Å²) in [5.41, 5.74) is 4.92. The molecule has 5 N–H and O–H groups in total. The summed E-state index contributed by atoms with van der Waals surface area (Å²) in [6.45, 7) is 12.1. The fourth-order valence-electron chi connectivity index (χ4n) is 14.5. The number of fused-ring (bicyclic) bond motifs is 2. The van der Waals surface area contributed by atoms with Gasteiger partial charge in [-0.3, -0.25) is 28.9 Å². The van der Waals surface area contributed by atoms with E-state index in [1.807, 2.05) is 150 Å². The summed E-state index contributed by atoms with van der Waals surface area (Å²) in [6.07, 6.45) is 3.37. The Hall–Kier alpha value is -8.35. The number of aliphatic hydroxyl groups is 1. The number of ether oxygens (including phenoxy) is 8. The zero-order chi connectivity index (χ0) is 69.5. The molecule has 0 spiro atoms. The van der Waals surface area contributed by atoms with E-state index in [9.17, 15) is 49.5 Å². The normalized spacial score (nSPS) is 24.9. The predicted octanol–water partition coefficient (Wildman–Crippen LogP) is 8.71. The number of benzene rings is 5. The number of carboxylic acids is 4. The summed E-state index contributed by atoms with van der Waals surface area (Å²) < 4.78 is 43.4. The quantitative estimate of drug-likeness (QED) is 0.0409. The van der Waals surface area contributed by atoms with Gasteiger partial charge in [0.1, 0.15) is 17.2 Å². The van der Waals surface area contributed by atoms with Crippen LogP contribution in [-0.2, 0) is 30.4 Å². The first-order valence-electron chi connectivity index (χ1n) is 33.0. The van der Waals surface area contributed by atoms with Crippen molar-refractivity contribution in [2.75, 3.05) is 116 Å². The van der Waals surface area contributed by atoms with Crippen molar-refractivity contribution in [1.82, 2.24) is 24.5 Å². The van der Waals surface area contributed by atoms with Crippen LogP contribution < -0.4 is 37.9 Å². The first kappa shape index (κ1) is 73.5. The van der Waals surface area contributed by atoms with Crippen LogP contribution in [0.25, 0.3) is 0 Å². The SMILES string of the molecule is CCCCN(CCCO)C(=O)CN1C[C@H](c2cc(OC)c3c(c2)OCO3)[C@@H](C(=O)O)[C@@H]1CCc1cccc2c1OCO2.COc1ccc([C@H]2CN(C)[C@@H](C)[C@@H]2C(=O)O)cc1.COc1ccc([C@H]2CN(C)[C@@H](C)[C@@H]2C(=O)O)cc1.COc1ccc([C@H]2CN(C)[C@@H](C)[C@@H]2C(=O)O)cc1. The first-order chi connectivity index (χ1) is 46.1. The van der Waals surface area contributed by atoms with Gasteiger partial charge < -0.3 is 83.0 Å². The molecule has 5 aromatic rings. The molecule has 0 aromatic heterocycles. The molecule has 1 amide bonds. The van der Waals surface area contributed by atoms with Crippen LogP contribution in [0.2, 0.25) is 0 Å². The molecule has 23 nitrogen and oxygen atoms in total. The molecule has 4 fully saturated rings. The van der Waals surface area contributed by atoms with E-state index in [0.717, 1.165) is 77.5 Å². The van der Waals surface area contributed by atoms with Gasteiger partial charge in [0.25, 0.3) is 0 Å². The molecule has 11 rings (SSSR count). The van der Waals surface area contributed by atoms with E-state index in [1.54, 1.807) is 33.3 Å². The Morgan fingerprint density at radius 3 is 1.35 bits per heavy atom. The van der Waals surface area contributed by atoms with Crippen molar-refractivity contribution in [2.24, 2.45) is 23.7 Å². The number of hydrogen-bond acceptors (Lipinski definition) is 18. The van der Waals surface area contributed by atoms with E-state index in [4.69, 9.17) is 37.9 Å². The van der Waals surface area contributed by atoms with Crippen molar-refractivity contribution in [3.8, 4) is 46.0 Å². The second kappa shape index (κ2) is 34.0. The average molecular weight is 1330 g/mol. The summed E-state index contributed by atoms with van der Waals surface area (Å²) in [6, 6.07) is 32.2. The molecule has 12 atom stereocenters. The smallest absolute Gasteiger partial charge is 0.308 e. The summed E-state index contributed by atoms with van der Waals surface area (Å²) in [5, 5.41) is 48.1. The highest BCUT2D eigenvalue weighted by atomic mass is 16.7. The second-order valence-electron chi connectivity index (χ2n) is 25.7. The number of hydrogen-bond donors (Lipinski definition) is 5. The molecule has 5 aromatic carbocycles. The Labute approximate surface area is 563 Å². The second-order valence-corrected chi connectivity index (χ2v) is 25.7. The molecular formula is C73H97N5O18. The zero-order valence-electron chi connectivity index (χ0n) is 57.1. The summed E-state index contributed by atoms with van der Waals surface area (Å²) in [5.74, 6) is 0.0740. The third kappa shape index (κ3) is 17.2. The fraction of sp³-hybridized carbons (Fsp3) is 0.521. The summed E-state index contributed by atoms with van der Waals surface area (Å²) in [7, 11) is 12.3. The Bertz CT molecular complexity index is 3190. The van der Waals surface area contributed by atoms with Crippen LogP contribution in [0.4, 0.5) is 0 Å². The molecule has 0 radical (unpaired) electrons. The molecule has 0 aliphatic carbocycles. The van der Waals surface area contributed by atoms with Crippen molar-refractivity contribution in [2.45, 2.75) is 108 Å². The molecule has 522 valence electrons. The molecular weight excluding hydrogens is 1230 g/mol. The number of rotatable bonds is 23. The van der Waals surface area contributed by atoms with Crippen molar-refractivity contribution >= 4 is 29.8 Å². The lowest BCUT2D eigenvalue weighted by atomic mass is 9.83. The molecule has 0 bridgehead atoms. The summed E-state index contributed by atoms with van der Waals surface area (Å²) in [4.78, 5) is 70.9. The van der Waals surface area contributed by atoms with Crippen LogP contribution in [0.3, 0.4) is 0 Å². The lowest BCUT2D eigenvalue weighted by molar-refractivity contribution is -0.144. The first-order valence-corrected chi connectivity index (χ1v) is 33.0. The number of aliphatic carboxylic acids is 4. The maximum absolute atomic E-state index is 13.6. The molecule has 6 aliphatic heterocycles. The Morgan fingerprint density at radius 1 is 0.510 bits per heavy atom. The number of carbonyl (C=O) groups excluding carboxylic acids is 1. The standard InChI is InChI=1S/C31H40N2O9.3C14H19NO3/c1-3-4-11-32(12-6-13-34)27(35)17-33-16-22(21-14-25(38-2)30-26(15-21)40-19-42-30)28(31(36)37)23(33)10-9-20-7-5-8-24-29(20)41-18-39-24;3*1-9-13(14(16)17)12(8-15(9)2)10-4-6-11(18-3)7-5-10/h5,7-8,14-15,22-23,28,34H,3-4,6,9-13,16-19H2,1-2H3,(H,36,37);3*4-7,9,12-13H,8H2,1-3H3,(H,16,17)/t22-,23+,28-;3*9-,12+,13-/m1000/s1. The number of nitrogens with zero attached hydrogens (tertiary/aromatic N) is 5. The minimum atomic E-state index is -0.919. The van der Waals surface area contributed by atoms with Crippen molar-refractivity contribution in [3.05, 3.63) is 131 Å². The number of carboxylic acid groups (broad SMARTS) is 4. The van der Waals surface area contributed by atoms with Gasteiger partial charge in [0.15, 0.2) is 23.0 Å². The summed E-state index contributed by atoms with van der Waals surface area (Å²) >= 11 is 0. The Balaban J connectivity index is 0.000000181. The minimum absolute atomic E-state index is 0.00450. The van der Waals surface area contributed by atoms with Gasteiger partial charge >= 0.3 is 23.9 Å². The van der Waals surface area contributed by atoms with Gasteiger partial charge in [0.05, 0.1) is 58.7 Å². The highest BCUT2D eigenvalue weighted by Crippen LogP contribution is 2.48. The predicted molar refractivity (Wildman–Crippen MR) is 359 cm³/mol. The average Bonchev–Trinajstić information content (AvgIpc) is 1.62. The van der Waals surface area contributed by atoms with Crippen LogP contribution in [0.1, 0.15) is 105 Å². The molecule has 0 saturated carbocycles. The largest absolute Gasteiger partial charge is 0.497 e. The highest BCUT2D eigenvalue weighted by Gasteiger charge is 2.49. The number of aliphatic hydroxyl groups excluding tert-OH is 1. The van der Waals surface area contributed by atoms with Crippen LogP contribution in [0.15, 0.2) is 103 Å². The number of aryl methyl sites for hydroxylation is 1. The lowest BCUT2D eigenvalue weighted by Crippen LogP contribution is -2.45. The Kier molecular flexibility index (Phi) is 26.0. The zero-order valence-corrected chi connectivity index (χ0v) is 57.1. The van der Waals surface area contributed by atoms with E-state index in [2.05, 4.69) is 21.6 Å². The third-order valence-electron chi connectivity index (χ3n) is 20.3.